The first-order valence-electron chi connectivity index (χ1n) is 10.8. The fraction of sp³-hybridized carbons (Fsp3) is 0.900. The molecule has 2 amide bonds. The number of aliphatic imine (C=N–C) groups is 1. The second-order valence-electron chi connectivity index (χ2n) is 8.24. The minimum atomic E-state index is -0.315. The number of carbonyl (C=O) groups is 1. The monoisotopic (exact) mass is 379 g/mol. The van der Waals surface area contributed by atoms with Gasteiger partial charge >= 0.3 is 6.03 Å². The summed E-state index contributed by atoms with van der Waals surface area (Å²) in [5, 5.41) is 7.34. The van der Waals surface area contributed by atoms with E-state index in [1.54, 1.807) is 4.90 Å². The lowest BCUT2D eigenvalue weighted by atomic mass is 9.55. The summed E-state index contributed by atoms with van der Waals surface area (Å²) in [5.41, 5.74) is 5.67. The van der Waals surface area contributed by atoms with Crippen LogP contribution < -0.4 is 16.4 Å². The number of urea groups is 1. The van der Waals surface area contributed by atoms with Crippen LogP contribution in [0.15, 0.2) is 4.99 Å². The Balaban J connectivity index is 1.58. The summed E-state index contributed by atoms with van der Waals surface area (Å²) < 4.78 is 6.08. The van der Waals surface area contributed by atoms with E-state index in [9.17, 15) is 4.79 Å². The van der Waals surface area contributed by atoms with Gasteiger partial charge in [-0.25, -0.2) is 4.79 Å². The Labute approximate surface area is 163 Å². The van der Waals surface area contributed by atoms with Gasteiger partial charge in [0, 0.05) is 43.7 Å². The van der Waals surface area contributed by atoms with Gasteiger partial charge in [0.25, 0.3) is 0 Å². The molecule has 3 rings (SSSR count). The molecule has 0 aromatic heterocycles. The van der Waals surface area contributed by atoms with Gasteiger partial charge in [-0.2, -0.15) is 0 Å². The van der Waals surface area contributed by atoms with Crippen molar-refractivity contribution in [1.82, 2.24) is 15.5 Å². The van der Waals surface area contributed by atoms with Crippen molar-refractivity contribution in [3.8, 4) is 0 Å². The quantitative estimate of drug-likeness (QED) is 0.504. The lowest BCUT2D eigenvalue weighted by molar-refractivity contribution is -0.145. The maximum absolute atomic E-state index is 11.3. The lowest BCUT2D eigenvalue weighted by Gasteiger charge is -2.58. The number of carbonyl (C=O) groups excluding carboxylic acids is 1. The molecule has 7 heteroatoms. The van der Waals surface area contributed by atoms with Crippen LogP contribution in [0.2, 0.25) is 0 Å². The smallest absolute Gasteiger partial charge is 0.314 e. The summed E-state index contributed by atoms with van der Waals surface area (Å²) in [7, 11) is 0. The minimum absolute atomic E-state index is 0.278. The number of hydrogen-bond acceptors (Lipinski definition) is 3. The molecule has 0 bridgehead atoms. The molecule has 0 aromatic rings. The van der Waals surface area contributed by atoms with E-state index in [1.165, 1.54) is 32.1 Å². The van der Waals surface area contributed by atoms with Gasteiger partial charge in [0.15, 0.2) is 5.96 Å². The molecule has 3 aliphatic rings. The third-order valence-corrected chi connectivity index (χ3v) is 6.71. The molecular weight excluding hydrogens is 342 g/mol. The van der Waals surface area contributed by atoms with Gasteiger partial charge in [0.05, 0.1) is 6.10 Å². The molecule has 154 valence electrons. The Bertz CT molecular complexity index is 524. The van der Waals surface area contributed by atoms with E-state index in [0.717, 1.165) is 38.4 Å². The standard InChI is InChI=1S/C20H37N5O2/c1-3-22-19(23-15-8-12-25(13-9-15)18(21)26)24-16-14-17(27-4-2)20(16)10-6-5-7-11-20/h15-17H,3-14H2,1-2H3,(H2,21,26)(H2,22,23,24). The molecule has 2 aliphatic carbocycles. The van der Waals surface area contributed by atoms with Gasteiger partial charge in [-0.3, -0.25) is 4.99 Å². The molecule has 0 aromatic carbocycles. The number of ether oxygens (including phenoxy) is 1. The van der Waals surface area contributed by atoms with Crippen LogP contribution in [0.4, 0.5) is 4.79 Å². The van der Waals surface area contributed by atoms with E-state index in [2.05, 4.69) is 24.5 Å². The zero-order chi connectivity index (χ0) is 19.3. The van der Waals surface area contributed by atoms with Crippen LogP contribution in [-0.4, -0.2) is 61.3 Å². The molecule has 1 spiro atoms. The Morgan fingerprint density at radius 2 is 1.89 bits per heavy atom. The van der Waals surface area contributed by atoms with Crippen molar-refractivity contribution in [2.45, 2.75) is 83.4 Å². The van der Waals surface area contributed by atoms with Crippen LogP contribution in [0.3, 0.4) is 0 Å². The number of hydrogen-bond donors (Lipinski definition) is 3. The van der Waals surface area contributed by atoms with Crippen molar-refractivity contribution >= 4 is 12.0 Å². The normalized spacial score (nSPS) is 28.7. The van der Waals surface area contributed by atoms with E-state index in [-0.39, 0.29) is 11.4 Å². The third kappa shape index (κ3) is 4.50. The number of primary amides is 1. The summed E-state index contributed by atoms with van der Waals surface area (Å²) in [5.74, 6) is 0.917. The average molecular weight is 380 g/mol. The van der Waals surface area contributed by atoms with Crippen molar-refractivity contribution in [3.05, 3.63) is 0 Å². The van der Waals surface area contributed by atoms with E-state index < -0.39 is 0 Å². The Hall–Kier alpha value is -1.50. The lowest BCUT2D eigenvalue weighted by Crippen LogP contribution is -2.67. The molecule has 3 fully saturated rings. The van der Waals surface area contributed by atoms with Crippen molar-refractivity contribution in [1.29, 1.82) is 0 Å². The first-order valence-corrected chi connectivity index (χ1v) is 10.8. The number of piperidine rings is 1. The van der Waals surface area contributed by atoms with E-state index in [0.29, 0.717) is 31.3 Å². The minimum Gasteiger partial charge on any atom is -0.378 e. The average Bonchev–Trinajstić information content (AvgIpc) is 2.68. The van der Waals surface area contributed by atoms with Gasteiger partial charge in [-0.1, -0.05) is 19.3 Å². The first-order chi connectivity index (χ1) is 13.1. The highest BCUT2D eigenvalue weighted by Gasteiger charge is 2.55. The van der Waals surface area contributed by atoms with Gasteiger partial charge in [-0.05, 0) is 46.0 Å². The summed E-state index contributed by atoms with van der Waals surface area (Å²) in [6, 6.07) is 0.464. The predicted molar refractivity (Wildman–Crippen MR) is 108 cm³/mol. The highest BCUT2D eigenvalue weighted by atomic mass is 16.5. The molecule has 7 nitrogen and oxygen atoms in total. The third-order valence-electron chi connectivity index (χ3n) is 6.71. The van der Waals surface area contributed by atoms with Crippen LogP contribution in [-0.2, 0) is 4.74 Å². The number of nitrogens with zero attached hydrogens (tertiary/aromatic N) is 2. The van der Waals surface area contributed by atoms with E-state index in [4.69, 9.17) is 15.5 Å². The Morgan fingerprint density at radius 1 is 1.19 bits per heavy atom. The van der Waals surface area contributed by atoms with Gasteiger partial charge in [-0.15, -0.1) is 0 Å². The first kappa shape index (κ1) is 20.2. The SMILES string of the molecule is CCN=C(NC1CCN(C(N)=O)CC1)NC1CC(OCC)C12CCCCC2. The zero-order valence-corrected chi connectivity index (χ0v) is 17.0. The molecule has 1 heterocycles. The Morgan fingerprint density at radius 3 is 2.48 bits per heavy atom. The Kier molecular flexibility index (Phi) is 6.84. The maximum Gasteiger partial charge on any atom is 0.314 e. The highest BCUT2D eigenvalue weighted by Crippen LogP contribution is 2.53. The fourth-order valence-electron chi connectivity index (χ4n) is 5.16. The number of nitrogens with one attached hydrogen (secondary N) is 2. The molecule has 4 N–H and O–H groups in total. The molecule has 1 aliphatic heterocycles. The summed E-state index contributed by atoms with van der Waals surface area (Å²) in [6.45, 7) is 7.15. The summed E-state index contributed by atoms with van der Waals surface area (Å²) in [4.78, 5) is 17.7. The number of rotatable bonds is 5. The number of likely N-dealkylation sites (tertiary alicyclic amines) is 1. The second-order valence-corrected chi connectivity index (χ2v) is 8.24. The van der Waals surface area contributed by atoms with Crippen LogP contribution in [0, 0.1) is 5.41 Å². The predicted octanol–water partition coefficient (Wildman–Crippen LogP) is 2.21. The molecular formula is C20H37N5O2. The van der Waals surface area contributed by atoms with Gasteiger partial charge in [0.2, 0.25) is 0 Å². The maximum atomic E-state index is 11.3. The van der Waals surface area contributed by atoms with E-state index >= 15 is 0 Å². The number of amides is 2. The molecule has 27 heavy (non-hydrogen) atoms. The fourth-order valence-corrected chi connectivity index (χ4v) is 5.16. The van der Waals surface area contributed by atoms with Crippen molar-refractivity contribution in [3.63, 3.8) is 0 Å². The summed E-state index contributed by atoms with van der Waals surface area (Å²) in [6.07, 6.45) is 9.75. The topological polar surface area (TPSA) is 92.0 Å². The molecule has 2 saturated carbocycles. The van der Waals surface area contributed by atoms with Crippen LogP contribution in [0.1, 0.15) is 65.2 Å². The number of nitrogens with two attached hydrogens (primary N) is 1. The zero-order valence-electron chi connectivity index (χ0n) is 17.0. The van der Waals surface area contributed by atoms with Crippen LogP contribution in [0.5, 0.6) is 0 Å². The van der Waals surface area contributed by atoms with Crippen LogP contribution in [0.25, 0.3) is 0 Å². The highest BCUT2D eigenvalue weighted by molar-refractivity contribution is 5.80. The molecule has 1 saturated heterocycles. The largest absolute Gasteiger partial charge is 0.378 e. The molecule has 2 atom stereocenters. The van der Waals surface area contributed by atoms with Gasteiger partial charge in [0.1, 0.15) is 0 Å². The van der Waals surface area contributed by atoms with Crippen molar-refractivity contribution < 1.29 is 9.53 Å². The van der Waals surface area contributed by atoms with Crippen LogP contribution >= 0.6 is 0 Å². The molecule has 2 unspecified atom stereocenters. The van der Waals surface area contributed by atoms with Crippen molar-refractivity contribution in [2.75, 3.05) is 26.2 Å². The second kappa shape index (κ2) is 9.13. The van der Waals surface area contributed by atoms with Crippen molar-refractivity contribution in [2.24, 2.45) is 16.1 Å². The molecule has 0 radical (unpaired) electrons. The number of guanidine groups is 1. The summed E-state index contributed by atoms with van der Waals surface area (Å²) >= 11 is 0. The van der Waals surface area contributed by atoms with Gasteiger partial charge < -0.3 is 26.0 Å². The van der Waals surface area contributed by atoms with E-state index in [1.807, 2.05) is 0 Å².